The Bertz CT molecular complexity index is 311. The zero-order valence-electron chi connectivity index (χ0n) is 11.3. The molecule has 1 saturated heterocycles. The highest BCUT2D eigenvalue weighted by molar-refractivity contribution is 6.35. The molecule has 18 heavy (non-hydrogen) atoms. The van der Waals surface area contributed by atoms with Crippen LogP contribution in [0.2, 0.25) is 0 Å². The first-order chi connectivity index (χ1) is 8.68. The van der Waals surface area contributed by atoms with E-state index in [1.807, 2.05) is 6.92 Å². The molecule has 2 amide bonds. The first-order valence-electron chi connectivity index (χ1n) is 7.30. The molecule has 4 heteroatoms. The summed E-state index contributed by atoms with van der Waals surface area (Å²) in [6, 6.07) is 0.429. The van der Waals surface area contributed by atoms with Crippen LogP contribution in [0.1, 0.15) is 58.3 Å². The largest absolute Gasteiger partial charge is 0.345 e. The van der Waals surface area contributed by atoms with Gasteiger partial charge in [0, 0.05) is 18.6 Å². The summed E-state index contributed by atoms with van der Waals surface area (Å²) in [5.41, 5.74) is 0. The van der Waals surface area contributed by atoms with Crippen LogP contribution in [0.15, 0.2) is 0 Å². The minimum Gasteiger partial charge on any atom is -0.345 e. The van der Waals surface area contributed by atoms with Gasteiger partial charge in [-0.25, -0.2) is 0 Å². The summed E-state index contributed by atoms with van der Waals surface area (Å²) in [7, 11) is 0. The summed E-state index contributed by atoms with van der Waals surface area (Å²) >= 11 is 0. The molecule has 0 spiro atoms. The van der Waals surface area contributed by atoms with Crippen molar-refractivity contribution in [3.63, 3.8) is 0 Å². The molecule has 2 rings (SSSR count). The Hall–Kier alpha value is -1.06. The van der Waals surface area contributed by atoms with Crippen molar-refractivity contribution in [2.75, 3.05) is 6.54 Å². The molecule has 102 valence electrons. The van der Waals surface area contributed by atoms with Crippen LogP contribution in [-0.4, -0.2) is 35.3 Å². The van der Waals surface area contributed by atoms with Crippen molar-refractivity contribution in [1.82, 2.24) is 10.2 Å². The normalized spacial score (nSPS) is 25.8. The van der Waals surface area contributed by atoms with Crippen LogP contribution >= 0.6 is 0 Å². The van der Waals surface area contributed by atoms with Gasteiger partial charge in [0.2, 0.25) is 0 Å². The van der Waals surface area contributed by atoms with E-state index in [2.05, 4.69) is 5.32 Å². The predicted molar refractivity (Wildman–Crippen MR) is 70.0 cm³/mol. The van der Waals surface area contributed by atoms with Crippen LogP contribution < -0.4 is 5.32 Å². The predicted octanol–water partition coefficient (Wildman–Crippen LogP) is 1.84. The lowest BCUT2D eigenvalue weighted by atomic mass is 9.95. The minimum absolute atomic E-state index is 0.211. The Morgan fingerprint density at radius 3 is 2.33 bits per heavy atom. The SMILES string of the molecule is CC1CCCCN1C(=O)C(=O)NC1CCCCC1. The molecule has 1 aliphatic heterocycles. The number of hydrogen-bond acceptors (Lipinski definition) is 2. The average molecular weight is 252 g/mol. The number of carbonyl (C=O) groups excluding carboxylic acids is 2. The Labute approximate surface area is 109 Å². The van der Waals surface area contributed by atoms with Crippen molar-refractivity contribution in [1.29, 1.82) is 0 Å². The monoisotopic (exact) mass is 252 g/mol. The molecule has 1 heterocycles. The highest BCUT2D eigenvalue weighted by atomic mass is 16.2. The Kier molecular flexibility index (Phi) is 4.61. The highest BCUT2D eigenvalue weighted by Crippen LogP contribution is 2.19. The van der Waals surface area contributed by atoms with Crippen molar-refractivity contribution < 1.29 is 9.59 Å². The highest BCUT2D eigenvalue weighted by Gasteiger charge is 2.29. The molecule has 2 aliphatic rings. The topological polar surface area (TPSA) is 49.4 Å². The average Bonchev–Trinajstić information content (AvgIpc) is 2.39. The number of nitrogens with zero attached hydrogens (tertiary/aromatic N) is 1. The molecule has 1 saturated carbocycles. The van der Waals surface area contributed by atoms with Crippen LogP contribution in [0.5, 0.6) is 0 Å². The lowest BCUT2D eigenvalue weighted by Crippen LogP contribution is -2.51. The summed E-state index contributed by atoms with van der Waals surface area (Å²) < 4.78 is 0. The van der Waals surface area contributed by atoms with Crippen LogP contribution in [0.25, 0.3) is 0 Å². The second kappa shape index (κ2) is 6.21. The second-order valence-corrected chi connectivity index (χ2v) is 5.65. The fraction of sp³-hybridized carbons (Fsp3) is 0.857. The van der Waals surface area contributed by atoms with E-state index < -0.39 is 5.91 Å². The minimum atomic E-state index is -0.393. The molecule has 1 aliphatic carbocycles. The van der Waals surface area contributed by atoms with Gasteiger partial charge in [0.25, 0.3) is 0 Å². The van der Waals surface area contributed by atoms with Crippen LogP contribution in [0.4, 0.5) is 0 Å². The maximum atomic E-state index is 12.1. The van der Waals surface area contributed by atoms with Crippen molar-refractivity contribution in [2.45, 2.75) is 70.4 Å². The Balaban J connectivity index is 1.85. The van der Waals surface area contributed by atoms with E-state index in [1.54, 1.807) is 4.90 Å². The van der Waals surface area contributed by atoms with Gasteiger partial charge in [0.1, 0.15) is 0 Å². The Morgan fingerprint density at radius 2 is 1.67 bits per heavy atom. The molecule has 1 N–H and O–H groups in total. The van der Waals surface area contributed by atoms with E-state index in [0.717, 1.165) is 38.6 Å². The van der Waals surface area contributed by atoms with Gasteiger partial charge in [0.15, 0.2) is 0 Å². The van der Waals surface area contributed by atoms with Gasteiger partial charge in [-0.2, -0.15) is 0 Å². The molecular formula is C14H24N2O2. The second-order valence-electron chi connectivity index (χ2n) is 5.65. The van der Waals surface area contributed by atoms with Crippen molar-refractivity contribution in [3.8, 4) is 0 Å². The van der Waals surface area contributed by atoms with Crippen LogP contribution in [0, 0.1) is 0 Å². The first kappa shape index (κ1) is 13.4. The number of likely N-dealkylation sites (tertiary alicyclic amines) is 1. The van der Waals surface area contributed by atoms with E-state index in [9.17, 15) is 9.59 Å². The molecular weight excluding hydrogens is 228 g/mol. The molecule has 0 aromatic heterocycles. The molecule has 2 fully saturated rings. The summed E-state index contributed by atoms with van der Waals surface area (Å²) in [4.78, 5) is 25.8. The number of carbonyl (C=O) groups is 2. The van der Waals surface area contributed by atoms with Crippen molar-refractivity contribution in [3.05, 3.63) is 0 Å². The summed E-state index contributed by atoms with van der Waals surface area (Å²) in [6.45, 7) is 2.77. The number of nitrogens with one attached hydrogen (secondary N) is 1. The van der Waals surface area contributed by atoms with E-state index in [-0.39, 0.29) is 18.0 Å². The maximum Gasteiger partial charge on any atom is 0.312 e. The van der Waals surface area contributed by atoms with Gasteiger partial charge in [-0.05, 0) is 39.0 Å². The summed E-state index contributed by atoms with van der Waals surface area (Å²) in [5.74, 6) is -0.719. The van der Waals surface area contributed by atoms with E-state index in [4.69, 9.17) is 0 Å². The molecule has 0 aromatic carbocycles. The van der Waals surface area contributed by atoms with Crippen molar-refractivity contribution >= 4 is 11.8 Å². The quantitative estimate of drug-likeness (QED) is 0.724. The van der Waals surface area contributed by atoms with Gasteiger partial charge < -0.3 is 10.2 Å². The van der Waals surface area contributed by atoms with E-state index >= 15 is 0 Å². The van der Waals surface area contributed by atoms with Crippen molar-refractivity contribution in [2.24, 2.45) is 0 Å². The fourth-order valence-electron chi connectivity index (χ4n) is 3.02. The van der Waals surface area contributed by atoms with Gasteiger partial charge in [-0.3, -0.25) is 9.59 Å². The number of piperidine rings is 1. The van der Waals surface area contributed by atoms with Gasteiger partial charge in [-0.15, -0.1) is 0 Å². The van der Waals surface area contributed by atoms with Gasteiger partial charge >= 0.3 is 11.8 Å². The standard InChI is InChI=1S/C14H24N2O2/c1-11-7-5-6-10-16(11)14(18)13(17)15-12-8-3-2-4-9-12/h11-12H,2-10H2,1H3,(H,15,17). The zero-order valence-corrected chi connectivity index (χ0v) is 11.3. The number of hydrogen-bond donors (Lipinski definition) is 1. The molecule has 1 unspecified atom stereocenters. The third-order valence-electron chi connectivity index (χ3n) is 4.20. The number of amides is 2. The number of rotatable bonds is 1. The molecule has 1 atom stereocenters. The maximum absolute atomic E-state index is 12.1. The fourth-order valence-corrected chi connectivity index (χ4v) is 3.02. The molecule has 4 nitrogen and oxygen atoms in total. The third-order valence-corrected chi connectivity index (χ3v) is 4.20. The molecule has 0 radical (unpaired) electrons. The third kappa shape index (κ3) is 3.24. The van der Waals surface area contributed by atoms with Gasteiger partial charge in [-0.1, -0.05) is 19.3 Å². The van der Waals surface area contributed by atoms with E-state index in [0.29, 0.717) is 0 Å². The van der Waals surface area contributed by atoms with Crippen LogP contribution in [0.3, 0.4) is 0 Å². The smallest absolute Gasteiger partial charge is 0.312 e. The zero-order chi connectivity index (χ0) is 13.0. The van der Waals surface area contributed by atoms with E-state index in [1.165, 1.54) is 19.3 Å². The molecule has 0 aromatic rings. The van der Waals surface area contributed by atoms with Crippen LogP contribution in [-0.2, 0) is 9.59 Å². The first-order valence-corrected chi connectivity index (χ1v) is 7.30. The Morgan fingerprint density at radius 1 is 1.00 bits per heavy atom. The summed E-state index contributed by atoms with van der Waals surface area (Å²) in [5, 5.41) is 2.91. The lowest BCUT2D eigenvalue weighted by Gasteiger charge is -2.33. The summed E-state index contributed by atoms with van der Waals surface area (Å²) in [6.07, 6.45) is 8.83. The lowest BCUT2D eigenvalue weighted by molar-refractivity contribution is -0.148. The molecule has 0 bridgehead atoms. The van der Waals surface area contributed by atoms with Gasteiger partial charge in [0.05, 0.1) is 0 Å².